The van der Waals surface area contributed by atoms with Crippen LogP contribution < -0.4 is 5.32 Å². The van der Waals surface area contributed by atoms with E-state index in [2.05, 4.69) is 37.4 Å². The fourth-order valence-electron chi connectivity index (χ4n) is 3.00. The van der Waals surface area contributed by atoms with Gasteiger partial charge in [0.2, 0.25) is 0 Å². The molecule has 2 aromatic carbocycles. The molecule has 0 spiro atoms. The van der Waals surface area contributed by atoms with Crippen molar-refractivity contribution in [2.45, 2.75) is 32.2 Å². The second-order valence-corrected chi connectivity index (χ2v) is 5.64. The molecule has 1 amide bonds. The maximum absolute atomic E-state index is 12.3. The quantitative estimate of drug-likeness (QED) is 0.885. The molecule has 0 radical (unpaired) electrons. The molecule has 1 aliphatic carbocycles. The predicted octanol–water partition coefficient (Wildman–Crippen LogP) is 3.45. The van der Waals surface area contributed by atoms with Crippen molar-refractivity contribution in [1.82, 2.24) is 5.32 Å². The number of rotatable bonds is 2. The summed E-state index contributed by atoms with van der Waals surface area (Å²) in [5.41, 5.74) is 4.75. The summed E-state index contributed by atoms with van der Waals surface area (Å²) in [4.78, 5) is 12.3. The molecule has 1 aliphatic rings. The van der Waals surface area contributed by atoms with E-state index in [0.717, 1.165) is 12.0 Å². The molecular weight excluding hydrogens is 246 g/mol. The van der Waals surface area contributed by atoms with Crippen LogP contribution in [-0.2, 0) is 6.42 Å². The molecule has 2 nitrogen and oxygen atoms in total. The van der Waals surface area contributed by atoms with E-state index in [0.29, 0.717) is 5.92 Å². The fourth-order valence-corrected chi connectivity index (χ4v) is 3.00. The number of hydrogen-bond donors (Lipinski definition) is 1. The molecule has 0 saturated carbocycles. The van der Waals surface area contributed by atoms with E-state index in [1.165, 1.54) is 16.7 Å². The standard InChI is InChI=1S/C18H19NO/c1-12-8-9-16-13(2)17(11-15(16)10-12)19-18(20)14-6-4-3-5-7-14/h3-10,13,17H,11H2,1-2H3,(H,19,20). The third-order valence-corrected chi connectivity index (χ3v) is 4.18. The second kappa shape index (κ2) is 5.12. The molecule has 2 heteroatoms. The van der Waals surface area contributed by atoms with Gasteiger partial charge in [0.05, 0.1) is 0 Å². The summed E-state index contributed by atoms with van der Waals surface area (Å²) in [5, 5.41) is 3.17. The summed E-state index contributed by atoms with van der Waals surface area (Å²) < 4.78 is 0. The van der Waals surface area contributed by atoms with Gasteiger partial charge in [-0.15, -0.1) is 0 Å². The zero-order valence-electron chi connectivity index (χ0n) is 11.9. The monoisotopic (exact) mass is 265 g/mol. The highest BCUT2D eigenvalue weighted by atomic mass is 16.1. The minimum atomic E-state index is 0.0204. The van der Waals surface area contributed by atoms with Crippen LogP contribution in [0.4, 0.5) is 0 Å². The summed E-state index contributed by atoms with van der Waals surface area (Å²) in [6.07, 6.45) is 0.927. The van der Waals surface area contributed by atoms with E-state index < -0.39 is 0 Å². The zero-order chi connectivity index (χ0) is 14.1. The van der Waals surface area contributed by atoms with E-state index in [9.17, 15) is 4.79 Å². The van der Waals surface area contributed by atoms with E-state index in [-0.39, 0.29) is 11.9 Å². The van der Waals surface area contributed by atoms with Crippen LogP contribution in [0.5, 0.6) is 0 Å². The lowest BCUT2D eigenvalue weighted by molar-refractivity contribution is 0.0934. The Labute approximate surface area is 119 Å². The van der Waals surface area contributed by atoms with Gasteiger partial charge in [0.25, 0.3) is 5.91 Å². The Balaban J connectivity index is 1.76. The fraction of sp³-hybridized carbons (Fsp3) is 0.278. The van der Waals surface area contributed by atoms with Gasteiger partial charge in [-0.3, -0.25) is 4.79 Å². The molecule has 0 aliphatic heterocycles. The van der Waals surface area contributed by atoms with E-state index in [4.69, 9.17) is 0 Å². The lowest BCUT2D eigenvalue weighted by Gasteiger charge is -2.18. The second-order valence-electron chi connectivity index (χ2n) is 5.64. The number of amides is 1. The third-order valence-electron chi connectivity index (χ3n) is 4.18. The predicted molar refractivity (Wildman–Crippen MR) is 81.0 cm³/mol. The first-order valence-corrected chi connectivity index (χ1v) is 7.10. The van der Waals surface area contributed by atoms with Crippen LogP contribution in [-0.4, -0.2) is 11.9 Å². The van der Waals surface area contributed by atoms with Crippen LogP contribution in [0.25, 0.3) is 0 Å². The smallest absolute Gasteiger partial charge is 0.251 e. The van der Waals surface area contributed by atoms with Gasteiger partial charge in [-0.1, -0.05) is 48.9 Å². The number of benzene rings is 2. The Morgan fingerprint density at radius 2 is 1.90 bits per heavy atom. The number of fused-ring (bicyclic) bond motifs is 1. The first kappa shape index (κ1) is 12.9. The van der Waals surface area contributed by atoms with Crippen LogP contribution in [0, 0.1) is 6.92 Å². The number of hydrogen-bond acceptors (Lipinski definition) is 1. The summed E-state index contributed by atoms with van der Waals surface area (Å²) in [6, 6.07) is 16.2. The molecule has 2 aromatic rings. The van der Waals surface area contributed by atoms with E-state index in [1.54, 1.807) is 0 Å². The van der Waals surface area contributed by atoms with Crippen molar-refractivity contribution in [3.63, 3.8) is 0 Å². The minimum absolute atomic E-state index is 0.0204. The first-order valence-electron chi connectivity index (χ1n) is 7.10. The molecular formula is C18H19NO. The summed E-state index contributed by atoms with van der Waals surface area (Å²) in [6.45, 7) is 4.30. The third kappa shape index (κ3) is 2.34. The Morgan fingerprint density at radius 1 is 1.15 bits per heavy atom. The topological polar surface area (TPSA) is 29.1 Å². The van der Waals surface area contributed by atoms with E-state index >= 15 is 0 Å². The maximum atomic E-state index is 12.3. The van der Waals surface area contributed by atoms with Crippen LogP contribution in [0.2, 0.25) is 0 Å². The van der Waals surface area contributed by atoms with Crippen molar-refractivity contribution < 1.29 is 4.79 Å². The SMILES string of the molecule is Cc1ccc2c(c1)CC(NC(=O)c1ccccc1)C2C. The average Bonchev–Trinajstić information content (AvgIpc) is 2.75. The van der Waals surface area contributed by atoms with Gasteiger partial charge in [0.1, 0.15) is 0 Å². The molecule has 0 aromatic heterocycles. The van der Waals surface area contributed by atoms with Gasteiger partial charge >= 0.3 is 0 Å². The van der Waals surface area contributed by atoms with Gasteiger partial charge in [0, 0.05) is 17.5 Å². The lowest BCUT2D eigenvalue weighted by atomic mass is 10.00. The molecule has 0 bridgehead atoms. The van der Waals surface area contributed by atoms with Gasteiger partial charge in [0.15, 0.2) is 0 Å². The van der Waals surface area contributed by atoms with Crippen molar-refractivity contribution in [1.29, 1.82) is 0 Å². The largest absolute Gasteiger partial charge is 0.348 e. The number of carbonyl (C=O) groups excluding carboxylic acids is 1. The lowest BCUT2D eigenvalue weighted by Crippen LogP contribution is -2.36. The first-order chi connectivity index (χ1) is 9.65. The van der Waals surface area contributed by atoms with Crippen LogP contribution >= 0.6 is 0 Å². The molecule has 0 saturated heterocycles. The zero-order valence-corrected chi connectivity index (χ0v) is 11.9. The van der Waals surface area contributed by atoms with Gasteiger partial charge < -0.3 is 5.32 Å². The molecule has 2 atom stereocenters. The van der Waals surface area contributed by atoms with Crippen LogP contribution in [0.15, 0.2) is 48.5 Å². The highest BCUT2D eigenvalue weighted by Crippen LogP contribution is 2.33. The minimum Gasteiger partial charge on any atom is -0.348 e. The van der Waals surface area contributed by atoms with Crippen molar-refractivity contribution >= 4 is 5.91 Å². The molecule has 102 valence electrons. The summed E-state index contributed by atoms with van der Waals surface area (Å²) in [5.74, 6) is 0.394. The van der Waals surface area contributed by atoms with Gasteiger partial charge in [-0.25, -0.2) is 0 Å². The maximum Gasteiger partial charge on any atom is 0.251 e. The molecule has 20 heavy (non-hydrogen) atoms. The Kier molecular flexibility index (Phi) is 3.31. The van der Waals surface area contributed by atoms with E-state index in [1.807, 2.05) is 30.3 Å². The average molecular weight is 265 g/mol. The van der Waals surface area contributed by atoms with Crippen molar-refractivity contribution in [2.24, 2.45) is 0 Å². The van der Waals surface area contributed by atoms with Gasteiger partial charge in [-0.2, -0.15) is 0 Å². The van der Waals surface area contributed by atoms with Crippen molar-refractivity contribution in [2.75, 3.05) is 0 Å². The summed E-state index contributed by atoms with van der Waals surface area (Å²) >= 11 is 0. The molecule has 0 fully saturated rings. The number of nitrogens with one attached hydrogen (secondary N) is 1. The Bertz CT molecular complexity index is 633. The number of aryl methyl sites for hydroxylation is 1. The molecule has 1 N–H and O–H groups in total. The summed E-state index contributed by atoms with van der Waals surface area (Å²) in [7, 11) is 0. The Morgan fingerprint density at radius 3 is 2.65 bits per heavy atom. The van der Waals surface area contributed by atoms with Crippen LogP contribution in [0.3, 0.4) is 0 Å². The highest BCUT2D eigenvalue weighted by molar-refractivity contribution is 5.94. The number of carbonyl (C=O) groups is 1. The molecule has 2 unspecified atom stereocenters. The highest BCUT2D eigenvalue weighted by Gasteiger charge is 2.30. The van der Waals surface area contributed by atoms with Gasteiger partial charge in [-0.05, 0) is 36.6 Å². The van der Waals surface area contributed by atoms with Crippen molar-refractivity contribution in [3.8, 4) is 0 Å². The van der Waals surface area contributed by atoms with Crippen molar-refractivity contribution in [3.05, 3.63) is 70.8 Å². The normalized spacial score (nSPS) is 20.5. The molecule has 3 rings (SSSR count). The molecule has 0 heterocycles. The Hall–Kier alpha value is -2.09. The van der Waals surface area contributed by atoms with Crippen LogP contribution in [0.1, 0.15) is 39.9 Å².